The molecular weight excluding hydrogens is 328 g/mol. The van der Waals surface area contributed by atoms with Crippen LogP contribution in [0.1, 0.15) is 17.0 Å². The third-order valence-electron chi connectivity index (χ3n) is 4.94. The molecule has 2 atom stereocenters. The van der Waals surface area contributed by atoms with E-state index in [-0.39, 0.29) is 17.7 Å². The molecule has 7 nitrogen and oxygen atoms in total. The van der Waals surface area contributed by atoms with Crippen LogP contribution in [-0.4, -0.2) is 38.6 Å². The second-order valence-electron chi connectivity index (χ2n) is 6.72. The topological polar surface area (TPSA) is 76.8 Å². The highest BCUT2D eigenvalue weighted by atomic mass is 16.2. The van der Waals surface area contributed by atoms with Gasteiger partial charge in [-0.05, 0) is 24.1 Å². The van der Waals surface area contributed by atoms with Crippen molar-refractivity contribution in [1.29, 1.82) is 0 Å². The molecule has 1 fully saturated rings. The Morgan fingerprint density at radius 1 is 1.23 bits per heavy atom. The minimum absolute atomic E-state index is 0.000753. The van der Waals surface area contributed by atoms with Crippen LogP contribution >= 0.6 is 0 Å². The number of carbonyl (C=O) groups excluding carboxylic acids is 1. The van der Waals surface area contributed by atoms with E-state index >= 15 is 0 Å². The zero-order valence-corrected chi connectivity index (χ0v) is 14.9. The number of hydrogen-bond acceptors (Lipinski definition) is 4. The van der Waals surface area contributed by atoms with Gasteiger partial charge in [0.25, 0.3) is 0 Å². The number of amides is 1. The van der Waals surface area contributed by atoms with Gasteiger partial charge in [-0.1, -0.05) is 18.2 Å². The molecule has 0 radical (unpaired) electrons. The van der Waals surface area contributed by atoms with Gasteiger partial charge in [0.2, 0.25) is 5.91 Å². The van der Waals surface area contributed by atoms with E-state index in [0.29, 0.717) is 12.4 Å². The fraction of sp³-hybridized carbons (Fsp3) is 0.316. The lowest BCUT2D eigenvalue weighted by molar-refractivity contribution is -0.119. The van der Waals surface area contributed by atoms with Gasteiger partial charge in [-0.3, -0.25) is 9.48 Å². The molecule has 0 unspecified atom stereocenters. The van der Waals surface area contributed by atoms with Crippen molar-refractivity contribution in [2.24, 2.45) is 13.0 Å². The Morgan fingerprint density at radius 2 is 2.08 bits per heavy atom. The monoisotopic (exact) mass is 350 g/mol. The number of anilines is 1. The van der Waals surface area contributed by atoms with Crippen LogP contribution in [-0.2, 0) is 11.8 Å². The number of aryl methyl sites for hydroxylation is 2. The summed E-state index contributed by atoms with van der Waals surface area (Å²) in [7, 11) is 1.89. The molecule has 7 heteroatoms. The van der Waals surface area contributed by atoms with Crippen molar-refractivity contribution >= 4 is 11.7 Å². The molecule has 1 aliphatic heterocycles. The molecule has 2 aromatic heterocycles. The fourth-order valence-electron chi connectivity index (χ4n) is 3.55. The van der Waals surface area contributed by atoms with Crippen LogP contribution in [0.25, 0.3) is 5.69 Å². The molecule has 0 aliphatic carbocycles. The van der Waals surface area contributed by atoms with Gasteiger partial charge >= 0.3 is 0 Å². The molecule has 3 heterocycles. The third kappa shape index (κ3) is 3.01. The van der Waals surface area contributed by atoms with Crippen molar-refractivity contribution in [2.45, 2.75) is 12.8 Å². The molecule has 1 aliphatic rings. The van der Waals surface area contributed by atoms with Crippen molar-refractivity contribution in [3.8, 4) is 5.69 Å². The third-order valence-corrected chi connectivity index (χ3v) is 4.94. The van der Waals surface area contributed by atoms with Gasteiger partial charge < -0.3 is 10.6 Å². The van der Waals surface area contributed by atoms with Crippen LogP contribution < -0.4 is 10.6 Å². The maximum Gasteiger partial charge on any atom is 0.230 e. The standard InChI is InChI=1S/C19H22N6O/c1-13-5-3-4-6-17(13)25-18(7-8-21-25)23-19(26)16-11-20-10-15(16)14-9-22-24(2)12-14/h3-9,12,15-16,20H,10-11H2,1-2H3,(H,23,26)/t15-,16+/m1/s1. The van der Waals surface area contributed by atoms with E-state index in [9.17, 15) is 4.79 Å². The maximum atomic E-state index is 13.0. The number of para-hydroxylation sites is 1. The summed E-state index contributed by atoms with van der Waals surface area (Å²) in [6.45, 7) is 3.46. The van der Waals surface area contributed by atoms with E-state index in [1.807, 2.05) is 56.7 Å². The Kier molecular flexibility index (Phi) is 4.30. The number of rotatable bonds is 4. The number of nitrogens with zero attached hydrogens (tertiary/aromatic N) is 4. The van der Waals surface area contributed by atoms with Crippen LogP contribution in [0.3, 0.4) is 0 Å². The largest absolute Gasteiger partial charge is 0.315 e. The van der Waals surface area contributed by atoms with E-state index in [1.54, 1.807) is 15.6 Å². The average molecular weight is 350 g/mol. The van der Waals surface area contributed by atoms with Crippen LogP contribution in [0.4, 0.5) is 5.82 Å². The van der Waals surface area contributed by atoms with E-state index in [1.165, 1.54) is 0 Å². The molecule has 26 heavy (non-hydrogen) atoms. The zero-order chi connectivity index (χ0) is 18.1. The molecule has 1 aromatic carbocycles. The predicted octanol–water partition coefficient (Wildman–Crippen LogP) is 1.86. The molecular formula is C19H22N6O. The first-order chi connectivity index (χ1) is 12.6. The summed E-state index contributed by atoms with van der Waals surface area (Å²) in [5, 5.41) is 15.0. The van der Waals surface area contributed by atoms with Gasteiger partial charge in [-0.15, -0.1) is 0 Å². The Morgan fingerprint density at radius 3 is 2.85 bits per heavy atom. The first-order valence-electron chi connectivity index (χ1n) is 8.73. The molecule has 2 N–H and O–H groups in total. The molecule has 1 amide bonds. The first-order valence-corrected chi connectivity index (χ1v) is 8.73. The number of aromatic nitrogens is 4. The Bertz CT molecular complexity index is 928. The Balaban J connectivity index is 1.56. The Hall–Kier alpha value is -2.93. The van der Waals surface area contributed by atoms with Crippen LogP contribution in [0, 0.1) is 12.8 Å². The smallest absolute Gasteiger partial charge is 0.230 e. The minimum Gasteiger partial charge on any atom is -0.315 e. The number of hydrogen-bond donors (Lipinski definition) is 2. The van der Waals surface area contributed by atoms with Crippen molar-refractivity contribution in [2.75, 3.05) is 18.4 Å². The summed E-state index contributed by atoms with van der Waals surface area (Å²) in [6, 6.07) is 9.81. The van der Waals surface area contributed by atoms with Crippen molar-refractivity contribution in [1.82, 2.24) is 24.9 Å². The minimum atomic E-state index is -0.139. The molecule has 134 valence electrons. The van der Waals surface area contributed by atoms with Gasteiger partial charge in [-0.2, -0.15) is 10.2 Å². The van der Waals surface area contributed by atoms with Crippen LogP contribution in [0.15, 0.2) is 48.9 Å². The summed E-state index contributed by atoms with van der Waals surface area (Å²) in [6.07, 6.45) is 5.53. The SMILES string of the molecule is Cc1ccccc1-n1nccc1NC(=O)[C@H]1CNC[C@@H]1c1cnn(C)c1. The molecule has 4 rings (SSSR count). The summed E-state index contributed by atoms with van der Waals surface area (Å²) in [4.78, 5) is 13.0. The number of benzene rings is 1. The summed E-state index contributed by atoms with van der Waals surface area (Å²) < 4.78 is 3.55. The molecule has 3 aromatic rings. The molecule has 0 bridgehead atoms. The maximum absolute atomic E-state index is 13.0. The predicted molar refractivity (Wildman–Crippen MR) is 99.2 cm³/mol. The summed E-state index contributed by atoms with van der Waals surface area (Å²) in [5.74, 6) is 0.665. The second kappa shape index (κ2) is 6.76. The van der Waals surface area contributed by atoms with E-state index in [2.05, 4.69) is 20.8 Å². The normalized spacial score (nSPS) is 19.6. The molecule has 0 saturated carbocycles. The summed E-state index contributed by atoms with van der Waals surface area (Å²) >= 11 is 0. The van der Waals surface area contributed by atoms with Crippen molar-refractivity contribution in [3.63, 3.8) is 0 Å². The molecule has 0 spiro atoms. The van der Waals surface area contributed by atoms with Crippen LogP contribution in [0.2, 0.25) is 0 Å². The van der Waals surface area contributed by atoms with Gasteiger partial charge in [0, 0.05) is 38.3 Å². The van der Waals surface area contributed by atoms with Gasteiger partial charge in [-0.25, -0.2) is 4.68 Å². The highest BCUT2D eigenvalue weighted by Gasteiger charge is 2.35. The van der Waals surface area contributed by atoms with Gasteiger partial charge in [0.05, 0.1) is 24.0 Å². The number of nitrogens with one attached hydrogen (secondary N) is 2. The zero-order valence-electron chi connectivity index (χ0n) is 14.9. The second-order valence-corrected chi connectivity index (χ2v) is 6.72. The molecule has 1 saturated heterocycles. The van der Waals surface area contributed by atoms with E-state index in [0.717, 1.165) is 23.4 Å². The average Bonchev–Trinajstić information content (AvgIpc) is 3.35. The Labute approximate surface area is 152 Å². The summed E-state index contributed by atoms with van der Waals surface area (Å²) in [5.41, 5.74) is 3.15. The quantitative estimate of drug-likeness (QED) is 0.753. The lowest BCUT2D eigenvalue weighted by atomic mass is 9.90. The highest BCUT2D eigenvalue weighted by molar-refractivity contribution is 5.93. The van der Waals surface area contributed by atoms with Crippen LogP contribution in [0.5, 0.6) is 0 Å². The van der Waals surface area contributed by atoms with Gasteiger partial charge in [0.15, 0.2) is 0 Å². The van der Waals surface area contributed by atoms with Gasteiger partial charge in [0.1, 0.15) is 5.82 Å². The van der Waals surface area contributed by atoms with E-state index < -0.39 is 0 Å². The lowest BCUT2D eigenvalue weighted by Gasteiger charge is -2.18. The van der Waals surface area contributed by atoms with Crippen molar-refractivity contribution in [3.05, 3.63) is 60.0 Å². The van der Waals surface area contributed by atoms with Crippen molar-refractivity contribution < 1.29 is 4.79 Å². The number of carbonyl (C=O) groups is 1. The highest BCUT2D eigenvalue weighted by Crippen LogP contribution is 2.29. The first kappa shape index (κ1) is 16.5. The fourth-order valence-corrected chi connectivity index (χ4v) is 3.55. The lowest BCUT2D eigenvalue weighted by Crippen LogP contribution is -2.29. The van der Waals surface area contributed by atoms with E-state index in [4.69, 9.17) is 0 Å².